The smallest absolute Gasteiger partial charge is 0.164 e. The van der Waals surface area contributed by atoms with Gasteiger partial charge in [0.25, 0.3) is 0 Å². The standard InChI is InChI=1S/C53H32N4O/c1-2-15-35(16-3-1)51-54-52(39-28-26-34-14-5-7-18-37(34)30-39)56-53(55-51)43-21-12-24-48-49(43)44-31-40(38-27-25-33-13-4-6-17-36(33)29-38)32-47(50(44)58-48)57-45-22-10-8-19-41(45)42-20-9-11-23-46(42)57/h1-32H. The predicted octanol–water partition coefficient (Wildman–Crippen LogP) is 13.8. The summed E-state index contributed by atoms with van der Waals surface area (Å²) in [7, 11) is 0. The van der Waals surface area contributed by atoms with Gasteiger partial charge in [-0.2, -0.15) is 0 Å². The summed E-state index contributed by atoms with van der Waals surface area (Å²) < 4.78 is 9.37. The number of nitrogens with zero attached hydrogens (tertiary/aromatic N) is 4. The molecule has 58 heavy (non-hydrogen) atoms. The molecule has 0 saturated carbocycles. The van der Waals surface area contributed by atoms with Crippen molar-refractivity contribution in [1.82, 2.24) is 19.5 Å². The van der Waals surface area contributed by atoms with Crippen LogP contribution in [0.4, 0.5) is 0 Å². The summed E-state index contributed by atoms with van der Waals surface area (Å²) in [6, 6.07) is 68.1. The van der Waals surface area contributed by atoms with Crippen LogP contribution in [-0.2, 0) is 0 Å². The van der Waals surface area contributed by atoms with Crippen molar-refractivity contribution >= 4 is 65.3 Å². The molecule has 0 unspecified atom stereocenters. The largest absolute Gasteiger partial charge is 0.454 e. The lowest BCUT2D eigenvalue weighted by molar-refractivity contribution is 0.666. The van der Waals surface area contributed by atoms with Gasteiger partial charge in [-0.3, -0.25) is 0 Å². The first-order valence-electron chi connectivity index (χ1n) is 19.5. The molecule has 12 aromatic rings. The molecule has 3 aromatic heterocycles. The summed E-state index contributed by atoms with van der Waals surface area (Å²) in [6.07, 6.45) is 0. The van der Waals surface area contributed by atoms with Crippen LogP contribution < -0.4 is 0 Å². The van der Waals surface area contributed by atoms with Crippen LogP contribution >= 0.6 is 0 Å². The molecule has 0 bridgehead atoms. The van der Waals surface area contributed by atoms with Crippen LogP contribution in [0.25, 0.3) is 116 Å². The van der Waals surface area contributed by atoms with E-state index in [4.69, 9.17) is 19.4 Å². The quantitative estimate of drug-likeness (QED) is 0.176. The molecule has 0 radical (unpaired) electrons. The van der Waals surface area contributed by atoms with Gasteiger partial charge in [-0.1, -0.05) is 152 Å². The van der Waals surface area contributed by atoms with E-state index in [0.717, 1.165) is 71.9 Å². The number of benzene rings is 9. The molecule has 0 aliphatic carbocycles. The van der Waals surface area contributed by atoms with Crippen molar-refractivity contribution in [1.29, 1.82) is 0 Å². The van der Waals surface area contributed by atoms with Crippen LogP contribution in [-0.4, -0.2) is 19.5 Å². The van der Waals surface area contributed by atoms with E-state index in [9.17, 15) is 0 Å². The summed E-state index contributed by atoms with van der Waals surface area (Å²) >= 11 is 0. The molecular formula is C53H32N4O. The molecule has 0 amide bonds. The summed E-state index contributed by atoms with van der Waals surface area (Å²) in [6.45, 7) is 0. The van der Waals surface area contributed by atoms with E-state index >= 15 is 0 Å². The summed E-state index contributed by atoms with van der Waals surface area (Å²) in [5.41, 5.74) is 9.70. The van der Waals surface area contributed by atoms with Gasteiger partial charge in [0.05, 0.1) is 16.7 Å². The van der Waals surface area contributed by atoms with Crippen molar-refractivity contribution in [2.75, 3.05) is 0 Å². The van der Waals surface area contributed by atoms with E-state index in [0.29, 0.717) is 17.5 Å². The average molecular weight is 741 g/mol. The van der Waals surface area contributed by atoms with Gasteiger partial charge in [0.1, 0.15) is 5.58 Å². The maximum absolute atomic E-state index is 7.01. The Kier molecular flexibility index (Phi) is 7.16. The maximum atomic E-state index is 7.01. The number of fused-ring (bicyclic) bond motifs is 8. The van der Waals surface area contributed by atoms with Crippen LogP contribution in [0.5, 0.6) is 0 Å². The van der Waals surface area contributed by atoms with Crippen LogP contribution in [0.1, 0.15) is 0 Å². The van der Waals surface area contributed by atoms with Gasteiger partial charge < -0.3 is 8.98 Å². The molecule has 0 fully saturated rings. The molecule has 0 atom stereocenters. The molecule has 0 spiro atoms. The Morgan fingerprint density at radius 2 is 0.931 bits per heavy atom. The van der Waals surface area contributed by atoms with Crippen molar-refractivity contribution in [2.24, 2.45) is 0 Å². The van der Waals surface area contributed by atoms with Crippen LogP contribution in [0.3, 0.4) is 0 Å². The van der Waals surface area contributed by atoms with Crippen molar-refractivity contribution in [3.8, 4) is 51.0 Å². The highest BCUT2D eigenvalue weighted by atomic mass is 16.3. The topological polar surface area (TPSA) is 56.7 Å². The zero-order valence-corrected chi connectivity index (χ0v) is 31.2. The number of hydrogen-bond donors (Lipinski definition) is 0. The molecule has 0 saturated heterocycles. The fraction of sp³-hybridized carbons (Fsp3) is 0. The SMILES string of the molecule is c1ccc(-c2nc(-c3ccc4ccccc4c3)nc(-c3cccc4oc5c(-n6c7ccccc7c7ccccc76)cc(-c6ccc7ccccc7c6)cc5c34)n2)cc1. The molecule has 5 nitrogen and oxygen atoms in total. The maximum Gasteiger partial charge on any atom is 0.164 e. The normalized spacial score (nSPS) is 11.8. The molecule has 9 aromatic carbocycles. The van der Waals surface area contributed by atoms with Gasteiger partial charge in [-0.15, -0.1) is 0 Å². The molecule has 3 heterocycles. The first kappa shape index (κ1) is 32.4. The van der Waals surface area contributed by atoms with E-state index in [2.05, 4.69) is 156 Å². The van der Waals surface area contributed by atoms with E-state index in [-0.39, 0.29) is 0 Å². The summed E-state index contributed by atoms with van der Waals surface area (Å²) in [5, 5.41) is 9.02. The van der Waals surface area contributed by atoms with E-state index in [1.807, 2.05) is 42.5 Å². The average Bonchev–Trinajstić information content (AvgIpc) is 3.85. The zero-order valence-electron chi connectivity index (χ0n) is 31.2. The number of para-hydroxylation sites is 2. The highest BCUT2D eigenvalue weighted by molar-refractivity contribution is 6.17. The third-order valence-electron chi connectivity index (χ3n) is 11.4. The van der Waals surface area contributed by atoms with Gasteiger partial charge in [-0.05, 0) is 75.1 Å². The molecular weight excluding hydrogens is 709 g/mol. The fourth-order valence-electron chi connectivity index (χ4n) is 8.65. The third kappa shape index (κ3) is 5.14. The van der Waals surface area contributed by atoms with Gasteiger partial charge >= 0.3 is 0 Å². The van der Waals surface area contributed by atoms with Crippen molar-refractivity contribution < 1.29 is 4.42 Å². The van der Waals surface area contributed by atoms with Crippen molar-refractivity contribution in [3.05, 3.63) is 194 Å². The second-order valence-corrected chi connectivity index (χ2v) is 14.8. The Hall–Kier alpha value is -7.89. The highest BCUT2D eigenvalue weighted by Crippen LogP contribution is 2.43. The van der Waals surface area contributed by atoms with E-state index in [1.165, 1.54) is 26.9 Å². The lowest BCUT2D eigenvalue weighted by Gasteiger charge is -2.13. The number of rotatable bonds is 5. The minimum Gasteiger partial charge on any atom is -0.454 e. The number of aromatic nitrogens is 4. The minimum atomic E-state index is 0.583. The van der Waals surface area contributed by atoms with Crippen LogP contribution in [0.2, 0.25) is 0 Å². The zero-order chi connectivity index (χ0) is 38.2. The third-order valence-corrected chi connectivity index (χ3v) is 11.4. The Balaban J connectivity index is 1.16. The van der Waals surface area contributed by atoms with Gasteiger partial charge in [0, 0.05) is 38.2 Å². The Morgan fingerprint density at radius 1 is 0.362 bits per heavy atom. The second-order valence-electron chi connectivity index (χ2n) is 14.8. The Bertz CT molecular complexity index is 3530. The van der Waals surface area contributed by atoms with E-state index in [1.54, 1.807) is 0 Å². The Labute approximate surface area is 333 Å². The molecule has 270 valence electrons. The summed E-state index contributed by atoms with van der Waals surface area (Å²) in [5.74, 6) is 1.81. The van der Waals surface area contributed by atoms with Crippen LogP contribution in [0, 0.1) is 0 Å². The number of hydrogen-bond acceptors (Lipinski definition) is 4. The van der Waals surface area contributed by atoms with Gasteiger partial charge in [0.15, 0.2) is 23.1 Å². The molecule has 0 aliphatic heterocycles. The molecule has 12 rings (SSSR count). The van der Waals surface area contributed by atoms with Gasteiger partial charge in [0.2, 0.25) is 0 Å². The fourth-order valence-corrected chi connectivity index (χ4v) is 8.65. The van der Waals surface area contributed by atoms with Crippen LogP contribution in [0.15, 0.2) is 199 Å². The highest BCUT2D eigenvalue weighted by Gasteiger charge is 2.23. The van der Waals surface area contributed by atoms with Crippen molar-refractivity contribution in [3.63, 3.8) is 0 Å². The minimum absolute atomic E-state index is 0.583. The number of furan rings is 1. The first-order chi connectivity index (χ1) is 28.7. The lowest BCUT2D eigenvalue weighted by atomic mass is 9.97. The molecule has 0 N–H and O–H groups in total. The Morgan fingerprint density at radius 3 is 1.64 bits per heavy atom. The summed E-state index contributed by atoms with van der Waals surface area (Å²) in [4.78, 5) is 15.5. The first-order valence-corrected chi connectivity index (χ1v) is 19.5. The van der Waals surface area contributed by atoms with E-state index < -0.39 is 0 Å². The second kappa shape index (κ2) is 12.8. The molecule has 5 heteroatoms. The monoisotopic (exact) mass is 740 g/mol. The molecule has 0 aliphatic rings. The van der Waals surface area contributed by atoms with Crippen molar-refractivity contribution in [2.45, 2.75) is 0 Å². The predicted molar refractivity (Wildman–Crippen MR) is 238 cm³/mol. The lowest BCUT2D eigenvalue weighted by Crippen LogP contribution is -2.00. The van der Waals surface area contributed by atoms with Gasteiger partial charge in [-0.25, -0.2) is 15.0 Å².